The fourth-order valence-electron chi connectivity index (χ4n) is 1.56. The molecule has 0 spiro atoms. The second-order valence-corrected chi connectivity index (χ2v) is 5.95. The number of rotatable bonds is 9. The van der Waals surface area contributed by atoms with E-state index in [1.54, 1.807) is 12.1 Å². The number of hydrogen-bond donors (Lipinski definition) is 0. The minimum Gasteiger partial charge on any atom is -0.0654 e. The Hall–Kier alpha value is 0.217. The van der Waals surface area contributed by atoms with Gasteiger partial charge in [-0.3, -0.25) is 0 Å². The summed E-state index contributed by atoms with van der Waals surface area (Å²) in [6, 6.07) is 3.23. The molecule has 0 fully saturated rings. The van der Waals surface area contributed by atoms with E-state index in [0.29, 0.717) is 9.52 Å². The maximum absolute atomic E-state index is 2.29. The molecule has 0 nitrogen and oxygen atoms in total. The summed E-state index contributed by atoms with van der Waals surface area (Å²) in [4.78, 5) is 0. The summed E-state index contributed by atoms with van der Waals surface area (Å²) in [5.41, 5.74) is 0. The topological polar surface area (TPSA) is 0 Å². The third-order valence-corrected chi connectivity index (χ3v) is 4.46. The normalized spacial score (nSPS) is 11.5. The standard InChI is InChI=1S/C11H26Si/c1-3-5-7-9-11-12-10-8-6-4-2/h3-12H2,1-2H3. The van der Waals surface area contributed by atoms with E-state index in [2.05, 4.69) is 13.8 Å². The molecule has 0 aromatic carbocycles. The van der Waals surface area contributed by atoms with Gasteiger partial charge in [0.1, 0.15) is 0 Å². The lowest BCUT2D eigenvalue weighted by atomic mass is 10.2. The first-order valence-electron chi connectivity index (χ1n) is 5.91. The minimum absolute atomic E-state index is 0.363. The molecule has 0 aliphatic rings. The van der Waals surface area contributed by atoms with Crippen LogP contribution < -0.4 is 0 Å². The van der Waals surface area contributed by atoms with Crippen molar-refractivity contribution in [2.75, 3.05) is 0 Å². The Kier molecular flexibility index (Phi) is 11.4. The van der Waals surface area contributed by atoms with E-state index in [0.717, 1.165) is 0 Å². The molecule has 0 rings (SSSR count). The monoisotopic (exact) mass is 186 g/mol. The molecule has 0 unspecified atom stereocenters. The Labute approximate surface area is 81.0 Å². The summed E-state index contributed by atoms with van der Waals surface area (Å²) in [6.07, 6.45) is 10.3. The van der Waals surface area contributed by atoms with Gasteiger partial charge in [0, 0.05) is 9.52 Å². The Morgan fingerprint density at radius 2 is 1.17 bits per heavy atom. The molecule has 0 saturated carbocycles. The fourth-order valence-corrected chi connectivity index (χ4v) is 3.33. The first kappa shape index (κ1) is 12.2. The molecular formula is C11H26Si. The molecule has 0 aromatic rings. The van der Waals surface area contributed by atoms with E-state index in [-0.39, 0.29) is 0 Å². The predicted molar refractivity (Wildman–Crippen MR) is 61.8 cm³/mol. The van der Waals surface area contributed by atoms with Crippen molar-refractivity contribution < 1.29 is 0 Å². The van der Waals surface area contributed by atoms with Crippen LogP contribution in [0.4, 0.5) is 0 Å². The molecule has 0 radical (unpaired) electrons. The zero-order valence-corrected chi connectivity index (χ0v) is 10.5. The van der Waals surface area contributed by atoms with Crippen LogP contribution in [-0.2, 0) is 0 Å². The van der Waals surface area contributed by atoms with Crippen molar-refractivity contribution in [1.82, 2.24) is 0 Å². The van der Waals surface area contributed by atoms with Gasteiger partial charge in [-0.1, -0.05) is 70.9 Å². The summed E-state index contributed by atoms with van der Waals surface area (Å²) in [6.45, 7) is 4.58. The highest BCUT2D eigenvalue weighted by atomic mass is 28.2. The second-order valence-electron chi connectivity index (χ2n) is 3.83. The Balaban J connectivity index is 2.73. The van der Waals surface area contributed by atoms with E-state index >= 15 is 0 Å². The van der Waals surface area contributed by atoms with E-state index < -0.39 is 0 Å². The lowest BCUT2D eigenvalue weighted by molar-refractivity contribution is 0.698. The maximum Gasteiger partial charge on any atom is 0.0197 e. The van der Waals surface area contributed by atoms with E-state index in [9.17, 15) is 0 Å². The summed E-state index contributed by atoms with van der Waals surface area (Å²) < 4.78 is 0. The highest BCUT2D eigenvalue weighted by Crippen LogP contribution is 2.05. The van der Waals surface area contributed by atoms with Crippen molar-refractivity contribution in [2.24, 2.45) is 0 Å². The number of hydrogen-bond acceptors (Lipinski definition) is 0. The highest BCUT2D eigenvalue weighted by Gasteiger charge is 1.90. The Morgan fingerprint density at radius 1 is 0.667 bits per heavy atom. The van der Waals surface area contributed by atoms with Crippen LogP contribution in [0.1, 0.15) is 58.8 Å². The van der Waals surface area contributed by atoms with E-state index in [1.807, 2.05) is 0 Å². The minimum atomic E-state index is 0.363. The molecule has 12 heavy (non-hydrogen) atoms. The van der Waals surface area contributed by atoms with Gasteiger partial charge in [-0.2, -0.15) is 0 Å². The van der Waals surface area contributed by atoms with Gasteiger partial charge in [-0.05, 0) is 0 Å². The maximum atomic E-state index is 2.29. The molecule has 0 heterocycles. The van der Waals surface area contributed by atoms with Crippen LogP contribution in [0.5, 0.6) is 0 Å². The van der Waals surface area contributed by atoms with Gasteiger partial charge in [0.25, 0.3) is 0 Å². The van der Waals surface area contributed by atoms with Crippen LogP contribution in [0.25, 0.3) is 0 Å². The van der Waals surface area contributed by atoms with Gasteiger partial charge in [-0.25, -0.2) is 0 Å². The summed E-state index contributed by atoms with van der Waals surface area (Å²) >= 11 is 0. The second kappa shape index (κ2) is 11.2. The van der Waals surface area contributed by atoms with Crippen LogP contribution in [0.3, 0.4) is 0 Å². The SMILES string of the molecule is CCCCCC[SiH2]CCCCC. The summed E-state index contributed by atoms with van der Waals surface area (Å²) in [5.74, 6) is 0. The first-order chi connectivity index (χ1) is 5.91. The zero-order chi connectivity index (χ0) is 9.07. The van der Waals surface area contributed by atoms with Gasteiger partial charge in [0.05, 0.1) is 0 Å². The van der Waals surface area contributed by atoms with E-state index in [1.165, 1.54) is 44.9 Å². The Bertz CT molecular complexity index is 61.4. The van der Waals surface area contributed by atoms with Gasteiger partial charge in [0.2, 0.25) is 0 Å². The van der Waals surface area contributed by atoms with Crippen molar-refractivity contribution in [3.05, 3.63) is 0 Å². The smallest absolute Gasteiger partial charge is 0.0197 e. The molecule has 0 bridgehead atoms. The number of unbranched alkanes of at least 4 members (excludes halogenated alkanes) is 5. The zero-order valence-electron chi connectivity index (χ0n) is 9.07. The fraction of sp³-hybridized carbons (Fsp3) is 1.00. The Morgan fingerprint density at radius 3 is 1.75 bits per heavy atom. The molecule has 0 aliphatic carbocycles. The third kappa shape index (κ3) is 10.2. The van der Waals surface area contributed by atoms with Crippen LogP contribution in [-0.4, -0.2) is 9.52 Å². The summed E-state index contributed by atoms with van der Waals surface area (Å²) in [5, 5.41) is 0. The third-order valence-electron chi connectivity index (χ3n) is 2.46. The largest absolute Gasteiger partial charge is 0.0654 e. The molecule has 0 aromatic heterocycles. The van der Waals surface area contributed by atoms with Gasteiger partial charge >= 0.3 is 0 Å². The lowest BCUT2D eigenvalue weighted by Crippen LogP contribution is -1.89. The van der Waals surface area contributed by atoms with Gasteiger partial charge in [-0.15, -0.1) is 0 Å². The summed E-state index contributed by atoms with van der Waals surface area (Å²) in [7, 11) is 0.363. The average Bonchev–Trinajstić information content (AvgIpc) is 2.10. The lowest BCUT2D eigenvalue weighted by Gasteiger charge is -1.99. The molecule has 74 valence electrons. The first-order valence-corrected chi connectivity index (χ1v) is 7.91. The molecule has 0 aliphatic heterocycles. The highest BCUT2D eigenvalue weighted by molar-refractivity contribution is 6.35. The van der Waals surface area contributed by atoms with Crippen molar-refractivity contribution >= 4 is 9.52 Å². The molecule has 1 heteroatoms. The molecule has 0 atom stereocenters. The molecular weight excluding hydrogens is 160 g/mol. The molecule has 0 amide bonds. The van der Waals surface area contributed by atoms with Crippen LogP contribution in [0, 0.1) is 0 Å². The average molecular weight is 186 g/mol. The predicted octanol–water partition coefficient (Wildman–Crippen LogP) is 3.76. The van der Waals surface area contributed by atoms with Gasteiger partial charge in [0.15, 0.2) is 0 Å². The van der Waals surface area contributed by atoms with Crippen molar-refractivity contribution in [3.63, 3.8) is 0 Å². The molecule has 0 saturated heterocycles. The van der Waals surface area contributed by atoms with Crippen LogP contribution >= 0.6 is 0 Å². The van der Waals surface area contributed by atoms with Gasteiger partial charge < -0.3 is 0 Å². The molecule has 0 N–H and O–H groups in total. The van der Waals surface area contributed by atoms with Crippen molar-refractivity contribution in [2.45, 2.75) is 70.9 Å². The van der Waals surface area contributed by atoms with Crippen molar-refractivity contribution in [1.29, 1.82) is 0 Å². The van der Waals surface area contributed by atoms with Crippen LogP contribution in [0.2, 0.25) is 12.1 Å². The van der Waals surface area contributed by atoms with Crippen molar-refractivity contribution in [3.8, 4) is 0 Å². The quantitative estimate of drug-likeness (QED) is 0.380. The van der Waals surface area contributed by atoms with E-state index in [4.69, 9.17) is 0 Å². The van der Waals surface area contributed by atoms with Crippen LogP contribution in [0.15, 0.2) is 0 Å².